The molecule has 0 aromatic heterocycles. The average molecular weight is 270 g/mol. The fourth-order valence-electron chi connectivity index (χ4n) is 2.19. The molecule has 3 nitrogen and oxygen atoms in total. The first-order valence-electron chi connectivity index (χ1n) is 6.88. The lowest BCUT2D eigenvalue weighted by Crippen LogP contribution is -2.27. The summed E-state index contributed by atoms with van der Waals surface area (Å²) in [6, 6.07) is 18.9. The molecule has 0 amide bonds. The van der Waals surface area contributed by atoms with Crippen molar-refractivity contribution in [1.82, 2.24) is 5.32 Å². The summed E-state index contributed by atoms with van der Waals surface area (Å²) in [5, 5.41) is 3.50. The molecule has 106 valence electrons. The highest BCUT2D eigenvalue weighted by atomic mass is 16.5. The average Bonchev–Trinajstić information content (AvgIpc) is 2.51. The van der Waals surface area contributed by atoms with E-state index in [1.165, 1.54) is 16.7 Å². The van der Waals surface area contributed by atoms with Crippen LogP contribution in [0.3, 0.4) is 0 Å². The van der Waals surface area contributed by atoms with Crippen molar-refractivity contribution >= 4 is 0 Å². The van der Waals surface area contributed by atoms with Crippen LogP contribution in [0.15, 0.2) is 54.6 Å². The molecule has 2 aromatic carbocycles. The molecule has 0 aliphatic rings. The zero-order valence-electron chi connectivity index (χ0n) is 11.9. The highest BCUT2D eigenvalue weighted by Crippen LogP contribution is 2.14. The number of methoxy groups -OCH3 is 1. The van der Waals surface area contributed by atoms with Gasteiger partial charge in [-0.15, -0.1) is 0 Å². The summed E-state index contributed by atoms with van der Waals surface area (Å²) in [5.41, 5.74) is 9.53. The first kappa shape index (κ1) is 14.7. The summed E-state index contributed by atoms with van der Waals surface area (Å²) >= 11 is 0. The number of hydrogen-bond acceptors (Lipinski definition) is 3. The van der Waals surface area contributed by atoms with Crippen molar-refractivity contribution in [3.05, 3.63) is 71.3 Å². The maximum atomic E-state index is 5.88. The number of benzene rings is 2. The first-order chi connectivity index (χ1) is 9.83. The Morgan fingerprint density at radius 2 is 1.70 bits per heavy atom. The zero-order chi connectivity index (χ0) is 14.2. The van der Waals surface area contributed by atoms with Gasteiger partial charge in [0, 0.05) is 26.2 Å². The largest absolute Gasteiger partial charge is 0.380 e. The first-order valence-corrected chi connectivity index (χ1v) is 6.88. The van der Waals surface area contributed by atoms with Crippen molar-refractivity contribution in [3.63, 3.8) is 0 Å². The van der Waals surface area contributed by atoms with Crippen LogP contribution in [-0.2, 0) is 17.9 Å². The van der Waals surface area contributed by atoms with Gasteiger partial charge in [-0.2, -0.15) is 0 Å². The summed E-state index contributed by atoms with van der Waals surface area (Å²) in [6.07, 6.45) is 0. The Balaban J connectivity index is 1.97. The molecule has 0 fully saturated rings. The van der Waals surface area contributed by atoms with E-state index in [1.807, 2.05) is 18.2 Å². The Hall–Kier alpha value is -1.68. The normalized spacial score (nSPS) is 12.3. The standard InChI is InChI=1S/C17H22N2O/c1-20-13-15-7-9-16(10-8-15)17(11-18)19-12-14-5-3-2-4-6-14/h2-10,17,19H,11-13,18H2,1H3. The third kappa shape index (κ3) is 4.17. The molecule has 0 saturated heterocycles. The van der Waals surface area contributed by atoms with Gasteiger partial charge in [-0.25, -0.2) is 0 Å². The second-order valence-electron chi connectivity index (χ2n) is 4.83. The number of hydrogen-bond donors (Lipinski definition) is 2. The Morgan fingerprint density at radius 3 is 2.30 bits per heavy atom. The van der Waals surface area contributed by atoms with Gasteiger partial charge in [0.05, 0.1) is 6.61 Å². The van der Waals surface area contributed by atoms with E-state index in [9.17, 15) is 0 Å². The van der Waals surface area contributed by atoms with Crippen molar-refractivity contribution in [2.45, 2.75) is 19.2 Å². The minimum atomic E-state index is 0.173. The lowest BCUT2D eigenvalue weighted by Gasteiger charge is -2.18. The second-order valence-corrected chi connectivity index (χ2v) is 4.83. The topological polar surface area (TPSA) is 47.3 Å². The molecule has 0 radical (unpaired) electrons. The summed E-state index contributed by atoms with van der Waals surface area (Å²) in [5.74, 6) is 0. The number of ether oxygens (including phenoxy) is 1. The fraction of sp³-hybridized carbons (Fsp3) is 0.294. The highest BCUT2D eigenvalue weighted by molar-refractivity contribution is 5.25. The fourth-order valence-corrected chi connectivity index (χ4v) is 2.19. The van der Waals surface area contributed by atoms with Crippen LogP contribution >= 0.6 is 0 Å². The molecule has 0 saturated carbocycles. The quantitative estimate of drug-likeness (QED) is 0.813. The molecule has 0 heterocycles. The Kier molecular flexibility index (Phi) is 5.74. The maximum Gasteiger partial charge on any atom is 0.0713 e. The lowest BCUT2D eigenvalue weighted by atomic mass is 10.0. The van der Waals surface area contributed by atoms with Gasteiger partial charge in [0.15, 0.2) is 0 Å². The van der Waals surface area contributed by atoms with Gasteiger partial charge < -0.3 is 15.8 Å². The van der Waals surface area contributed by atoms with Crippen molar-refractivity contribution in [2.75, 3.05) is 13.7 Å². The van der Waals surface area contributed by atoms with Gasteiger partial charge in [0.25, 0.3) is 0 Å². The Bertz CT molecular complexity index is 496. The molecule has 1 unspecified atom stereocenters. The molecule has 2 rings (SSSR count). The summed E-state index contributed by atoms with van der Waals surface area (Å²) in [7, 11) is 1.71. The van der Waals surface area contributed by atoms with Crippen molar-refractivity contribution < 1.29 is 4.74 Å². The van der Waals surface area contributed by atoms with Gasteiger partial charge in [-0.05, 0) is 16.7 Å². The number of nitrogens with one attached hydrogen (secondary N) is 1. The molecular weight excluding hydrogens is 248 g/mol. The van der Waals surface area contributed by atoms with Gasteiger partial charge in [0.2, 0.25) is 0 Å². The maximum absolute atomic E-state index is 5.88. The monoisotopic (exact) mass is 270 g/mol. The van der Waals surface area contributed by atoms with E-state index in [0.29, 0.717) is 13.2 Å². The number of rotatable bonds is 7. The van der Waals surface area contributed by atoms with E-state index in [2.05, 4.69) is 41.7 Å². The van der Waals surface area contributed by atoms with E-state index in [0.717, 1.165) is 6.54 Å². The molecule has 0 aliphatic carbocycles. The summed E-state index contributed by atoms with van der Waals surface area (Å²) in [4.78, 5) is 0. The van der Waals surface area contributed by atoms with Crippen LogP contribution in [0.5, 0.6) is 0 Å². The van der Waals surface area contributed by atoms with Gasteiger partial charge in [-0.1, -0.05) is 54.6 Å². The summed E-state index contributed by atoms with van der Waals surface area (Å²) in [6.45, 7) is 2.05. The van der Waals surface area contributed by atoms with Crippen LogP contribution in [0.2, 0.25) is 0 Å². The minimum absolute atomic E-state index is 0.173. The summed E-state index contributed by atoms with van der Waals surface area (Å²) < 4.78 is 5.12. The van der Waals surface area contributed by atoms with Crippen LogP contribution in [0.1, 0.15) is 22.7 Å². The van der Waals surface area contributed by atoms with E-state index < -0.39 is 0 Å². The molecule has 0 bridgehead atoms. The Morgan fingerprint density at radius 1 is 1.00 bits per heavy atom. The van der Waals surface area contributed by atoms with E-state index in [4.69, 9.17) is 10.5 Å². The van der Waals surface area contributed by atoms with Crippen LogP contribution in [0.25, 0.3) is 0 Å². The van der Waals surface area contributed by atoms with Crippen LogP contribution in [0, 0.1) is 0 Å². The van der Waals surface area contributed by atoms with Gasteiger partial charge in [-0.3, -0.25) is 0 Å². The minimum Gasteiger partial charge on any atom is -0.380 e. The smallest absolute Gasteiger partial charge is 0.0713 e. The van der Waals surface area contributed by atoms with Crippen molar-refractivity contribution in [1.29, 1.82) is 0 Å². The van der Waals surface area contributed by atoms with Crippen molar-refractivity contribution in [2.24, 2.45) is 5.73 Å². The van der Waals surface area contributed by atoms with Gasteiger partial charge in [0.1, 0.15) is 0 Å². The predicted octanol–water partition coefficient (Wildman–Crippen LogP) is 2.62. The van der Waals surface area contributed by atoms with E-state index in [1.54, 1.807) is 7.11 Å². The molecule has 1 atom stereocenters. The molecule has 20 heavy (non-hydrogen) atoms. The molecular formula is C17H22N2O. The van der Waals surface area contributed by atoms with E-state index in [-0.39, 0.29) is 6.04 Å². The van der Waals surface area contributed by atoms with Crippen LogP contribution < -0.4 is 11.1 Å². The van der Waals surface area contributed by atoms with Gasteiger partial charge >= 0.3 is 0 Å². The molecule has 0 spiro atoms. The molecule has 3 N–H and O–H groups in total. The number of nitrogens with two attached hydrogens (primary N) is 1. The zero-order valence-corrected chi connectivity index (χ0v) is 11.9. The molecule has 3 heteroatoms. The SMILES string of the molecule is COCc1ccc(C(CN)NCc2ccccc2)cc1. The van der Waals surface area contributed by atoms with E-state index >= 15 is 0 Å². The Labute approximate surface area is 120 Å². The van der Waals surface area contributed by atoms with Crippen molar-refractivity contribution in [3.8, 4) is 0 Å². The molecule has 2 aromatic rings. The van der Waals surface area contributed by atoms with Crippen LogP contribution in [-0.4, -0.2) is 13.7 Å². The highest BCUT2D eigenvalue weighted by Gasteiger charge is 2.08. The third-order valence-electron chi connectivity index (χ3n) is 3.32. The van der Waals surface area contributed by atoms with Crippen LogP contribution in [0.4, 0.5) is 0 Å². The molecule has 0 aliphatic heterocycles. The predicted molar refractivity (Wildman–Crippen MR) is 82.2 cm³/mol. The third-order valence-corrected chi connectivity index (χ3v) is 3.32. The lowest BCUT2D eigenvalue weighted by molar-refractivity contribution is 0.185. The second kappa shape index (κ2) is 7.80.